The Kier molecular flexibility index (Phi) is 3.10. The highest BCUT2D eigenvalue weighted by molar-refractivity contribution is 4.92. The number of hydrogen-bond acceptors (Lipinski definition) is 3. The molecule has 0 aromatic carbocycles. The normalized spacial score (nSPS) is 40.3. The molecule has 2 N–H and O–H groups in total. The zero-order chi connectivity index (χ0) is 10.0. The van der Waals surface area contributed by atoms with Gasteiger partial charge in [-0.15, -0.1) is 0 Å². The number of piperidine rings is 1. The van der Waals surface area contributed by atoms with Crippen LogP contribution in [0.15, 0.2) is 0 Å². The lowest BCUT2D eigenvalue weighted by Crippen LogP contribution is -2.54. The molecule has 2 heterocycles. The van der Waals surface area contributed by atoms with Crippen LogP contribution in [0.3, 0.4) is 0 Å². The van der Waals surface area contributed by atoms with Crippen molar-refractivity contribution in [3.63, 3.8) is 0 Å². The predicted molar refractivity (Wildman–Crippen MR) is 57.2 cm³/mol. The Morgan fingerprint density at radius 2 is 2.36 bits per heavy atom. The number of hydrogen-bond donors (Lipinski definition) is 1. The first-order valence-corrected chi connectivity index (χ1v) is 5.80. The fourth-order valence-electron chi connectivity index (χ4n) is 2.54. The lowest BCUT2D eigenvalue weighted by molar-refractivity contribution is 0.110. The number of nitrogens with zero attached hydrogens (tertiary/aromatic N) is 1. The van der Waals surface area contributed by atoms with Crippen LogP contribution in [-0.2, 0) is 4.74 Å². The second-order valence-electron chi connectivity index (χ2n) is 4.98. The van der Waals surface area contributed by atoms with Gasteiger partial charge in [0.05, 0.1) is 12.1 Å². The molecule has 0 bridgehead atoms. The van der Waals surface area contributed by atoms with Crippen molar-refractivity contribution in [2.75, 3.05) is 26.3 Å². The van der Waals surface area contributed by atoms with Gasteiger partial charge in [-0.2, -0.15) is 0 Å². The average molecular weight is 198 g/mol. The molecule has 2 saturated heterocycles. The maximum absolute atomic E-state index is 6.29. The number of nitrogens with two attached hydrogens (primary N) is 1. The Morgan fingerprint density at radius 3 is 3.00 bits per heavy atom. The van der Waals surface area contributed by atoms with E-state index in [0.29, 0.717) is 6.04 Å². The highest BCUT2D eigenvalue weighted by atomic mass is 16.5. The highest BCUT2D eigenvalue weighted by Crippen LogP contribution is 2.22. The van der Waals surface area contributed by atoms with Crippen molar-refractivity contribution in [1.29, 1.82) is 0 Å². The van der Waals surface area contributed by atoms with E-state index in [9.17, 15) is 0 Å². The van der Waals surface area contributed by atoms with Crippen LogP contribution < -0.4 is 5.73 Å². The number of ether oxygens (including phenoxy) is 1. The van der Waals surface area contributed by atoms with Gasteiger partial charge in [-0.05, 0) is 32.7 Å². The summed E-state index contributed by atoms with van der Waals surface area (Å²) >= 11 is 0. The Hall–Kier alpha value is -0.120. The van der Waals surface area contributed by atoms with Gasteiger partial charge in [-0.3, -0.25) is 4.90 Å². The third-order valence-corrected chi connectivity index (χ3v) is 3.59. The molecule has 2 aliphatic heterocycles. The fraction of sp³-hybridized carbons (Fsp3) is 1.00. The highest BCUT2D eigenvalue weighted by Gasteiger charge is 2.34. The van der Waals surface area contributed by atoms with Crippen LogP contribution >= 0.6 is 0 Å². The standard InChI is InChI=1S/C11H22N2O/c1-10-4-2-3-6-13(10)8-11(12)5-7-14-9-11/h10H,2-9,12H2,1H3. The van der Waals surface area contributed by atoms with Gasteiger partial charge in [0, 0.05) is 19.2 Å². The van der Waals surface area contributed by atoms with E-state index in [0.717, 1.165) is 26.2 Å². The van der Waals surface area contributed by atoms with Crippen molar-refractivity contribution in [3.8, 4) is 0 Å². The summed E-state index contributed by atoms with van der Waals surface area (Å²) in [6.45, 7) is 6.15. The molecule has 2 aliphatic rings. The van der Waals surface area contributed by atoms with E-state index in [2.05, 4.69) is 11.8 Å². The molecule has 14 heavy (non-hydrogen) atoms. The molecule has 0 radical (unpaired) electrons. The molecular weight excluding hydrogens is 176 g/mol. The Balaban J connectivity index is 1.88. The molecule has 2 atom stereocenters. The summed E-state index contributed by atoms with van der Waals surface area (Å²) < 4.78 is 5.39. The second kappa shape index (κ2) is 4.17. The summed E-state index contributed by atoms with van der Waals surface area (Å²) in [7, 11) is 0. The minimum atomic E-state index is -0.0639. The Labute approximate surface area is 86.6 Å². The lowest BCUT2D eigenvalue weighted by atomic mass is 9.96. The van der Waals surface area contributed by atoms with Crippen molar-refractivity contribution < 1.29 is 4.74 Å². The molecule has 3 heteroatoms. The van der Waals surface area contributed by atoms with Gasteiger partial charge in [0.15, 0.2) is 0 Å². The summed E-state index contributed by atoms with van der Waals surface area (Å²) in [6, 6.07) is 0.713. The molecule has 2 rings (SSSR count). The second-order valence-corrected chi connectivity index (χ2v) is 4.98. The number of likely N-dealkylation sites (tertiary alicyclic amines) is 1. The molecule has 0 spiro atoms. The first-order valence-electron chi connectivity index (χ1n) is 5.80. The lowest BCUT2D eigenvalue weighted by Gasteiger charge is -2.38. The van der Waals surface area contributed by atoms with Crippen LogP contribution in [0.1, 0.15) is 32.6 Å². The van der Waals surface area contributed by atoms with Crippen LogP contribution in [0.4, 0.5) is 0 Å². The summed E-state index contributed by atoms with van der Waals surface area (Å²) in [6.07, 6.45) is 5.07. The smallest absolute Gasteiger partial charge is 0.0659 e. The molecule has 2 unspecified atom stereocenters. The molecule has 0 aromatic heterocycles. The van der Waals surface area contributed by atoms with Gasteiger partial charge < -0.3 is 10.5 Å². The topological polar surface area (TPSA) is 38.5 Å². The quantitative estimate of drug-likeness (QED) is 0.719. The van der Waals surface area contributed by atoms with E-state index in [-0.39, 0.29) is 5.54 Å². The fourth-order valence-corrected chi connectivity index (χ4v) is 2.54. The first kappa shape index (κ1) is 10.4. The maximum Gasteiger partial charge on any atom is 0.0659 e. The van der Waals surface area contributed by atoms with E-state index in [1.54, 1.807) is 0 Å². The van der Waals surface area contributed by atoms with Crippen molar-refractivity contribution in [3.05, 3.63) is 0 Å². The summed E-state index contributed by atoms with van der Waals surface area (Å²) in [5.41, 5.74) is 6.22. The maximum atomic E-state index is 6.29. The van der Waals surface area contributed by atoms with Crippen LogP contribution in [-0.4, -0.2) is 42.8 Å². The van der Waals surface area contributed by atoms with E-state index >= 15 is 0 Å². The minimum absolute atomic E-state index is 0.0639. The van der Waals surface area contributed by atoms with Gasteiger partial charge in [0.25, 0.3) is 0 Å². The third-order valence-electron chi connectivity index (χ3n) is 3.59. The van der Waals surface area contributed by atoms with Crippen molar-refractivity contribution >= 4 is 0 Å². The van der Waals surface area contributed by atoms with Crippen molar-refractivity contribution in [2.45, 2.75) is 44.2 Å². The zero-order valence-electron chi connectivity index (χ0n) is 9.17. The van der Waals surface area contributed by atoms with Crippen molar-refractivity contribution in [2.24, 2.45) is 5.73 Å². The molecule has 0 amide bonds. The average Bonchev–Trinajstić information content (AvgIpc) is 2.57. The monoisotopic (exact) mass is 198 g/mol. The van der Waals surface area contributed by atoms with E-state index in [1.165, 1.54) is 25.8 Å². The predicted octanol–water partition coefficient (Wildman–Crippen LogP) is 0.979. The van der Waals surface area contributed by atoms with Gasteiger partial charge in [0.1, 0.15) is 0 Å². The van der Waals surface area contributed by atoms with Gasteiger partial charge in [-0.1, -0.05) is 6.42 Å². The Bertz CT molecular complexity index is 190. The van der Waals surface area contributed by atoms with Crippen LogP contribution in [0.25, 0.3) is 0 Å². The number of rotatable bonds is 2. The molecule has 0 aromatic rings. The molecular formula is C11H22N2O. The first-order chi connectivity index (χ1) is 6.70. The van der Waals surface area contributed by atoms with E-state index < -0.39 is 0 Å². The third kappa shape index (κ3) is 2.27. The van der Waals surface area contributed by atoms with Gasteiger partial charge in [0.2, 0.25) is 0 Å². The van der Waals surface area contributed by atoms with E-state index in [4.69, 9.17) is 10.5 Å². The molecule has 82 valence electrons. The van der Waals surface area contributed by atoms with Crippen LogP contribution in [0.2, 0.25) is 0 Å². The van der Waals surface area contributed by atoms with Gasteiger partial charge in [-0.25, -0.2) is 0 Å². The zero-order valence-corrected chi connectivity index (χ0v) is 9.17. The summed E-state index contributed by atoms with van der Waals surface area (Å²) in [5.74, 6) is 0. The van der Waals surface area contributed by atoms with E-state index in [1.807, 2.05) is 0 Å². The molecule has 2 fully saturated rings. The van der Waals surface area contributed by atoms with Crippen LogP contribution in [0, 0.1) is 0 Å². The van der Waals surface area contributed by atoms with Gasteiger partial charge >= 0.3 is 0 Å². The van der Waals surface area contributed by atoms with Crippen LogP contribution in [0.5, 0.6) is 0 Å². The van der Waals surface area contributed by atoms with Crippen molar-refractivity contribution in [1.82, 2.24) is 4.90 Å². The SMILES string of the molecule is CC1CCCCN1CC1(N)CCOC1. The summed E-state index contributed by atoms with van der Waals surface area (Å²) in [4.78, 5) is 2.54. The molecule has 0 saturated carbocycles. The summed E-state index contributed by atoms with van der Waals surface area (Å²) in [5, 5.41) is 0. The largest absolute Gasteiger partial charge is 0.379 e. The Morgan fingerprint density at radius 1 is 1.50 bits per heavy atom. The molecule has 0 aliphatic carbocycles. The molecule has 3 nitrogen and oxygen atoms in total. The minimum Gasteiger partial charge on any atom is -0.379 e.